The van der Waals surface area contributed by atoms with Crippen LogP contribution in [-0.4, -0.2) is 8.76 Å². The number of rotatable bonds is 3. The smallest absolute Gasteiger partial charge is 0.157 e. The molecule has 1 unspecified atom stereocenters. The molecule has 0 bridgehead atoms. The molecule has 4 heteroatoms. The number of hydrogen-bond donors (Lipinski definition) is 1. The summed E-state index contributed by atoms with van der Waals surface area (Å²) in [6.07, 6.45) is 0.377. The molecule has 13 heavy (non-hydrogen) atoms. The van der Waals surface area contributed by atoms with Gasteiger partial charge >= 0.3 is 0 Å². The van der Waals surface area contributed by atoms with Crippen LogP contribution in [0, 0.1) is 11.3 Å². The first kappa shape index (κ1) is 9.90. The average Bonchev–Trinajstić information content (AvgIpc) is 2.08. The third-order valence-electron chi connectivity index (χ3n) is 1.60. The molecule has 0 spiro atoms. The van der Waals surface area contributed by atoms with E-state index in [-0.39, 0.29) is 5.75 Å². The lowest BCUT2D eigenvalue weighted by atomic mass is 10.1. The minimum Gasteiger partial charge on any atom is -0.306 e. The summed E-state index contributed by atoms with van der Waals surface area (Å²) in [6, 6.07) is 9.16. The third kappa shape index (κ3) is 3.36. The molecule has 1 rings (SSSR count). The predicted molar refractivity (Wildman–Crippen MR) is 50.2 cm³/mol. The summed E-state index contributed by atoms with van der Waals surface area (Å²) >= 11 is -1.79. The van der Waals surface area contributed by atoms with Crippen molar-refractivity contribution in [2.45, 2.75) is 12.2 Å². The van der Waals surface area contributed by atoms with E-state index in [1.807, 2.05) is 6.07 Å². The van der Waals surface area contributed by atoms with Crippen molar-refractivity contribution in [2.75, 3.05) is 0 Å². The van der Waals surface area contributed by atoms with Crippen molar-refractivity contribution in [3.8, 4) is 6.07 Å². The van der Waals surface area contributed by atoms with Crippen molar-refractivity contribution < 1.29 is 8.76 Å². The summed E-state index contributed by atoms with van der Waals surface area (Å²) in [7, 11) is 0. The quantitative estimate of drug-likeness (QED) is 0.743. The maximum atomic E-state index is 10.4. The van der Waals surface area contributed by atoms with Crippen molar-refractivity contribution in [3.63, 3.8) is 0 Å². The molecule has 68 valence electrons. The van der Waals surface area contributed by atoms with Crippen LogP contribution in [0.2, 0.25) is 0 Å². The van der Waals surface area contributed by atoms with E-state index in [0.717, 1.165) is 11.1 Å². The molecule has 1 aromatic rings. The minimum atomic E-state index is -1.79. The highest BCUT2D eigenvalue weighted by atomic mass is 32.2. The van der Waals surface area contributed by atoms with Gasteiger partial charge in [0.1, 0.15) is 0 Å². The van der Waals surface area contributed by atoms with E-state index >= 15 is 0 Å². The summed E-state index contributed by atoms with van der Waals surface area (Å²) in [6.45, 7) is 0. The molecule has 1 aromatic carbocycles. The molecule has 3 nitrogen and oxygen atoms in total. The molecule has 0 aliphatic heterocycles. The number of benzene rings is 1. The van der Waals surface area contributed by atoms with Crippen LogP contribution in [0.5, 0.6) is 0 Å². The maximum absolute atomic E-state index is 10.4. The first-order chi connectivity index (χ1) is 6.22. The second-order valence-electron chi connectivity index (χ2n) is 2.62. The Balaban J connectivity index is 2.70. The van der Waals surface area contributed by atoms with Gasteiger partial charge < -0.3 is 4.55 Å². The molecule has 0 fully saturated rings. The zero-order valence-electron chi connectivity index (χ0n) is 6.93. The first-order valence-corrected chi connectivity index (χ1v) is 5.02. The number of nitrogens with zero attached hydrogens (tertiary/aromatic N) is 1. The van der Waals surface area contributed by atoms with Crippen LogP contribution < -0.4 is 0 Å². The molecule has 0 saturated carbocycles. The summed E-state index contributed by atoms with van der Waals surface area (Å²) in [5, 5.41) is 8.40. The minimum absolute atomic E-state index is 0.146. The van der Waals surface area contributed by atoms with Crippen LogP contribution in [0.1, 0.15) is 11.1 Å². The van der Waals surface area contributed by atoms with E-state index in [1.165, 1.54) is 0 Å². The Bertz CT molecular complexity index is 340. The maximum Gasteiger partial charge on any atom is 0.157 e. The van der Waals surface area contributed by atoms with Gasteiger partial charge in [0, 0.05) is 0 Å². The van der Waals surface area contributed by atoms with Gasteiger partial charge in [-0.3, -0.25) is 0 Å². The first-order valence-electron chi connectivity index (χ1n) is 3.74. The van der Waals surface area contributed by atoms with Crippen molar-refractivity contribution in [3.05, 3.63) is 35.4 Å². The lowest BCUT2D eigenvalue weighted by Gasteiger charge is -1.98. The molecule has 0 amide bonds. The largest absolute Gasteiger partial charge is 0.306 e. The monoisotopic (exact) mass is 195 g/mol. The average molecular weight is 195 g/mol. The molecular formula is C9H9NO2S. The van der Waals surface area contributed by atoms with Crippen molar-refractivity contribution in [1.82, 2.24) is 0 Å². The van der Waals surface area contributed by atoms with Crippen molar-refractivity contribution >= 4 is 11.1 Å². The molecule has 1 atom stereocenters. The second kappa shape index (κ2) is 4.75. The molecule has 0 heterocycles. The fraction of sp³-hybridized carbons (Fsp3) is 0.222. The van der Waals surface area contributed by atoms with Crippen molar-refractivity contribution in [1.29, 1.82) is 5.26 Å². The van der Waals surface area contributed by atoms with Crippen molar-refractivity contribution in [2.24, 2.45) is 0 Å². The molecule has 0 aliphatic rings. The number of nitriles is 1. The van der Waals surface area contributed by atoms with Gasteiger partial charge in [0.25, 0.3) is 0 Å². The highest BCUT2D eigenvalue weighted by Gasteiger charge is 1.97. The molecule has 0 aromatic heterocycles. The predicted octanol–water partition coefficient (Wildman–Crippen LogP) is 1.47. The van der Waals surface area contributed by atoms with Gasteiger partial charge in [-0.25, -0.2) is 4.21 Å². The summed E-state index contributed by atoms with van der Waals surface area (Å²) in [4.78, 5) is 0. The summed E-state index contributed by atoms with van der Waals surface area (Å²) in [5.41, 5.74) is 1.73. The van der Waals surface area contributed by atoms with Crippen LogP contribution >= 0.6 is 0 Å². The van der Waals surface area contributed by atoms with Gasteiger partial charge in [0.2, 0.25) is 0 Å². The lowest BCUT2D eigenvalue weighted by molar-refractivity contribution is 0.563. The van der Waals surface area contributed by atoms with Gasteiger partial charge in [-0.2, -0.15) is 5.26 Å². The highest BCUT2D eigenvalue weighted by Crippen LogP contribution is 2.06. The summed E-state index contributed by atoms with van der Waals surface area (Å²) in [5.74, 6) is 0.146. The Labute approximate surface area is 79.3 Å². The Morgan fingerprint density at radius 1 is 1.31 bits per heavy atom. The Hall–Kier alpha value is -1.18. The van der Waals surface area contributed by atoms with Crippen LogP contribution in [0.4, 0.5) is 0 Å². The molecule has 0 saturated heterocycles. The van der Waals surface area contributed by atoms with Gasteiger partial charge in [-0.15, -0.1) is 0 Å². The second-order valence-corrected chi connectivity index (χ2v) is 3.55. The summed E-state index contributed by atoms with van der Waals surface area (Å²) < 4.78 is 19.0. The van der Waals surface area contributed by atoms with Crippen LogP contribution in [-0.2, 0) is 23.3 Å². The SMILES string of the molecule is N#CCc1ccc(CS(=O)O)cc1. The van der Waals surface area contributed by atoms with E-state index in [0.29, 0.717) is 6.42 Å². The van der Waals surface area contributed by atoms with E-state index in [1.54, 1.807) is 24.3 Å². The van der Waals surface area contributed by atoms with Gasteiger partial charge in [-0.05, 0) is 11.1 Å². The molecule has 0 radical (unpaired) electrons. The van der Waals surface area contributed by atoms with E-state index in [2.05, 4.69) is 0 Å². The van der Waals surface area contributed by atoms with Gasteiger partial charge in [0.15, 0.2) is 11.1 Å². The van der Waals surface area contributed by atoms with Gasteiger partial charge in [0.05, 0.1) is 18.2 Å². The molecule has 1 N–H and O–H groups in total. The standard InChI is InChI=1S/C9H9NO2S/c10-6-5-8-1-3-9(4-2-8)7-13(11)12/h1-4H,5,7H2,(H,11,12). The Kier molecular flexibility index (Phi) is 3.62. The normalized spacial score (nSPS) is 12.0. The van der Waals surface area contributed by atoms with E-state index in [4.69, 9.17) is 9.81 Å². The fourth-order valence-electron chi connectivity index (χ4n) is 0.987. The Morgan fingerprint density at radius 3 is 2.31 bits per heavy atom. The zero-order chi connectivity index (χ0) is 9.68. The fourth-order valence-corrected chi connectivity index (χ4v) is 1.46. The van der Waals surface area contributed by atoms with Crippen LogP contribution in [0.25, 0.3) is 0 Å². The van der Waals surface area contributed by atoms with Gasteiger partial charge in [-0.1, -0.05) is 24.3 Å². The van der Waals surface area contributed by atoms with Crippen LogP contribution in [0.3, 0.4) is 0 Å². The Morgan fingerprint density at radius 2 is 1.85 bits per heavy atom. The topological polar surface area (TPSA) is 61.1 Å². The zero-order valence-corrected chi connectivity index (χ0v) is 7.75. The highest BCUT2D eigenvalue weighted by molar-refractivity contribution is 7.78. The lowest BCUT2D eigenvalue weighted by Crippen LogP contribution is -1.93. The number of hydrogen-bond acceptors (Lipinski definition) is 2. The third-order valence-corrected chi connectivity index (χ3v) is 2.18. The molecule has 0 aliphatic carbocycles. The molecular weight excluding hydrogens is 186 g/mol. The van der Waals surface area contributed by atoms with E-state index in [9.17, 15) is 4.21 Å². The van der Waals surface area contributed by atoms with Crippen LogP contribution in [0.15, 0.2) is 24.3 Å². The van der Waals surface area contributed by atoms with E-state index < -0.39 is 11.1 Å².